The second kappa shape index (κ2) is 7.65. The molecule has 0 radical (unpaired) electrons. The summed E-state index contributed by atoms with van der Waals surface area (Å²) in [5.74, 6) is -1.96. The van der Waals surface area contributed by atoms with Gasteiger partial charge in [-0.1, -0.05) is 0 Å². The van der Waals surface area contributed by atoms with Gasteiger partial charge in [0, 0.05) is 18.9 Å². The van der Waals surface area contributed by atoms with E-state index in [1.54, 1.807) is 0 Å². The summed E-state index contributed by atoms with van der Waals surface area (Å²) in [5, 5.41) is 19.7. The lowest BCUT2D eigenvalue weighted by Crippen LogP contribution is -2.40. The molecular formula is C14H14N2O5. The van der Waals surface area contributed by atoms with Gasteiger partial charge in [-0.3, -0.25) is 9.59 Å². The molecule has 21 heavy (non-hydrogen) atoms. The lowest BCUT2D eigenvalue weighted by molar-refractivity contribution is -0.139. The Morgan fingerprint density at radius 1 is 1.33 bits per heavy atom. The van der Waals surface area contributed by atoms with Crippen molar-refractivity contribution in [2.75, 3.05) is 0 Å². The number of aliphatic carboxylic acids is 1. The topological polar surface area (TPSA) is 116 Å². The first-order chi connectivity index (χ1) is 9.93. The van der Waals surface area contributed by atoms with Gasteiger partial charge in [-0.2, -0.15) is 5.26 Å². The first-order valence-corrected chi connectivity index (χ1v) is 6.13. The first-order valence-electron chi connectivity index (χ1n) is 6.13. The molecule has 0 saturated heterocycles. The number of nitrogens with zero attached hydrogens (tertiary/aromatic N) is 1. The molecule has 7 heteroatoms. The van der Waals surface area contributed by atoms with Crippen LogP contribution in [0.15, 0.2) is 24.3 Å². The Balaban J connectivity index is 2.71. The second-order valence-corrected chi connectivity index (χ2v) is 4.18. The monoisotopic (exact) mass is 290 g/mol. The van der Waals surface area contributed by atoms with E-state index < -0.39 is 23.9 Å². The van der Waals surface area contributed by atoms with Crippen molar-refractivity contribution >= 4 is 17.8 Å². The molecule has 1 rings (SSSR count). The average molecular weight is 290 g/mol. The van der Waals surface area contributed by atoms with Crippen LogP contribution in [0.2, 0.25) is 0 Å². The molecule has 0 aromatic heterocycles. The van der Waals surface area contributed by atoms with Gasteiger partial charge < -0.3 is 15.2 Å². The van der Waals surface area contributed by atoms with Crippen LogP contribution in [0, 0.1) is 11.3 Å². The third kappa shape index (κ3) is 5.32. The number of ether oxygens (including phenoxy) is 1. The normalized spacial score (nSPS) is 11.0. The molecule has 0 spiro atoms. The number of carbonyl (C=O) groups is 3. The molecule has 0 saturated carbocycles. The van der Waals surface area contributed by atoms with Crippen molar-refractivity contribution in [3.8, 4) is 11.8 Å². The van der Waals surface area contributed by atoms with Crippen molar-refractivity contribution in [2.45, 2.75) is 25.8 Å². The van der Waals surface area contributed by atoms with Crippen molar-refractivity contribution in [3.05, 3.63) is 29.8 Å². The molecule has 0 unspecified atom stereocenters. The number of carboxylic acid groups (broad SMARTS) is 1. The number of rotatable bonds is 6. The van der Waals surface area contributed by atoms with Gasteiger partial charge in [-0.15, -0.1) is 0 Å². The van der Waals surface area contributed by atoms with Crippen molar-refractivity contribution in [1.29, 1.82) is 5.26 Å². The minimum Gasteiger partial charge on any atom is -0.480 e. The van der Waals surface area contributed by atoms with Gasteiger partial charge in [0.2, 0.25) is 0 Å². The fourth-order valence-electron chi connectivity index (χ4n) is 1.55. The summed E-state index contributed by atoms with van der Waals surface area (Å²) in [6, 6.07) is 6.40. The molecule has 0 bridgehead atoms. The van der Waals surface area contributed by atoms with Gasteiger partial charge in [0.05, 0.1) is 6.07 Å². The van der Waals surface area contributed by atoms with E-state index in [0.717, 1.165) is 0 Å². The quantitative estimate of drug-likeness (QED) is 0.598. The Bertz CT molecular complexity index is 574. The number of nitriles is 1. The maximum absolute atomic E-state index is 11.9. The van der Waals surface area contributed by atoms with Gasteiger partial charge in [0.25, 0.3) is 5.91 Å². The lowest BCUT2D eigenvalue weighted by atomic mass is 10.1. The molecule has 1 atom stereocenters. The smallest absolute Gasteiger partial charge is 0.326 e. The molecule has 0 fully saturated rings. The number of hydrogen-bond acceptors (Lipinski definition) is 5. The summed E-state index contributed by atoms with van der Waals surface area (Å²) in [4.78, 5) is 33.6. The van der Waals surface area contributed by atoms with Gasteiger partial charge in [-0.05, 0) is 30.7 Å². The number of nitrogens with one attached hydrogen (secondary N) is 1. The molecular weight excluding hydrogens is 276 g/mol. The maximum Gasteiger partial charge on any atom is 0.326 e. The van der Waals surface area contributed by atoms with Crippen molar-refractivity contribution in [2.24, 2.45) is 0 Å². The number of carboxylic acids is 1. The standard InChI is InChI=1S/C14H14N2O5/c1-9(17)21-11-6-4-10(5-7-11)13(18)16-12(14(19)20)3-2-8-15/h4-7,12H,2-3H2,1H3,(H,16,18)(H,19,20)/t12-/m0/s1. The SMILES string of the molecule is CC(=O)Oc1ccc(C(=O)N[C@@H](CCC#N)C(=O)O)cc1. The van der Waals surface area contributed by atoms with Crippen LogP contribution in [-0.4, -0.2) is 29.0 Å². The van der Waals surface area contributed by atoms with E-state index in [1.165, 1.54) is 31.2 Å². The zero-order valence-corrected chi connectivity index (χ0v) is 11.3. The van der Waals surface area contributed by atoms with Gasteiger partial charge in [0.1, 0.15) is 11.8 Å². The van der Waals surface area contributed by atoms with E-state index in [9.17, 15) is 14.4 Å². The van der Waals surface area contributed by atoms with Crippen LogP contribution in [0.3, 0.4) is 0 Å². The lowest BCUT2D eigenvalue weighted by Gasteiger charge is -2.13. The molecule has 7 nitrogen and oxygen atoms in total. The third-order valence-corrected chi connectivity index (χ3v) is 2.53. The van der Waals surface area contributed by atoms with E-state index in [0.29, 0.717) is 5.75 Å². The molecule has 1 amide bonds. The molecule has 0 aliphatic carbocycles. The van der Waals surface area contributed by atoms with Gasteiger partial charge in [-0.25, -0.2) is 4.79 Å². The summed E-state index contributed by atoms with van der Waals surface area (Å²) in [7, 11) is 0. The summed E-state index contributed by atoms with van der Waals surface area (Å²) < 4.78 is 4.82. The fourth-order valence-corrected chi connectivity index (χ4v) is 1.55. The van der Waals surface area contributed by atoms with E-state index in [-0.39, 0.29) is 18.4 Å². The summed E-state index contributed by atoms with van der Waals surface area (Å²) in [6.45, 7) is 1.26. The number of benzene rings is 1. The van der Waals surface area contributed by atoms with E-state index in [2.05, 4.69) is 5.32 Å². The Morgan fingerprint density at radius 3 is 2.43 bits per heavy atom. The predicted molar refractivity (Wildman–Crippen MR) is 71.5 cm³/mol. The number of carbonyl (C=O) groups excluding carboxylic acids is 2. The van der Waals surface area contributed by atoms with Crippen LogP contribution >= 0.6 is 0 Å². The molecule has 0 heterocycles. The highest BCUT2D eigenvalue weighted by Gasteiger charge is 2.20. The maximum atomic E-state index is 11.9. The zero-order valence-electron chi connectivity index (χ0n) is 11.3. The molecule has 1 aromatic rings. The van der Waals surface area contributed by atoms with Crippen LogP contribution in [0.25, 0.3) is 0 Å². The second-order valence-electron chi connectivity index (χ2n) is 4.18. The summed E-state index contributed by atoms with van der Waals surface area (Å²) >= 11 is 0. The number of esters is 1. The Hall–Kier alpha value is -2.88. The predicted octanol–water partition coefficient (Wildman–Crippen LogP) is 1.10. The van der Waals surface area contributed by atoms with Gasteiger partial charge >= 0.3 is 11.9 Å². The van der Waals surface area contributed by atoms with E-state index in [1.807, 2.05) is 6.07 Å². The first kappa shape index (κ1) is 16.2. The number of amides is 1. The summed E-state index contributed by atoms with van der Waals surface area (Å²) in [5.41, 5.74) is 0.231. The fraction of sp³-hybridized carbons (Fsp3) is 0.286. The molecule has 2 N–H and O–H groups in total. The van der Waals surface area contributed by atoms with Crippen molar-refractivity contribution < 1.29 is 24.2 Å². The van der Waals surface area contributed by atoms with Crippen LogP contribution in [0.5, 0.6) is 5.75 Å². The highest BCUT2D eigenvalue weighted by Crippen LogP contribution is 2.12. The van der Waals surface area contributed by atoms with E-state index in [4.69, 9.17) is 15.1 Å². The molecule has 110 valence electrons. The summed E-state index contributed by atoms with van der Waals surface area (Å²) in [6.07, 6.45) is 0.0613. The minimum absolute atomic E-state index is 0.0304. The van der Waals surface area contributed by atoms with Gasteiger partial charge in [0.15, 0.2) is 0 Å². The van der Waals surface area contributed by atoms with Crippen molar-refractivity contribution in [3.63, 3.8) is 0 Å². The van der Waals surface area contributed by atoms with Crippen molar-refractivity contribution in [1.82, 2.24) is 5.32 Å². The number of hydrogen-bond donors (Lipinski definition) is 2. The van der Waals surface area contributed by atoms with Crippen LogP contribution in [-0.2, 0) is 9.59 Å². The third-order valence-electron chi connectivity index (χ3n) is 2.53. The Kier molecular flexibility index (Phi) is 5.89. The minimum atomic E-state index is -1.20. The molecule has 0 aliphatic heterocycles. The molecule has 0 aliphatic rings. The van der Waals surface area contributed by atoms with Crippen LogP contribution in [0.4, 0.5) is 0 Å². The largest absolute Gasteiger partial charge is 0.480 e. The molecule has 1 aromatic carbocycles. The zero-order chi connectivity index (χ0) is 15.8. The van der Waals surface area contributed by atoms with Crippen LogP contribution < -0.4 is 10.1 Å². The highest BCUT2D eigenvalue weighted by molar-refractivity contribution is 5.96. The van der Waals surface area contributed by atoms with Crippen LogP contribution in [0.1, 0.15) is 30.1 Å². The highest BCUT2D eigenvalue weighted by atomic mass is 16.5. The Morgan fingerprint density at radius 2 is 1.95 bits per heavy atom. The Labute approximate surface area is 121 Å². The van der Waals surface area contributed by atoms with E-state index >= 15 is 0 Å². The average Bonchev–Trinajstić information content (AvgIpc) is 2.43.